The predicted octanol–water partition coefficient (Wildman–Crippen LogP) is 5.74. The van der Waals surface area contributed by atoms with E-state index in [1.165, 1.54) is 6.92 Å². The van der Waals surface area contributed by atoms with Crippen LogP contribution in [0.2, 0.25) is 0 Å². The van der Waals surface area contributed by atoms with Gasteiger partial charge in [-0.15, -0.1) is 0 Å². The van der Waals surface area contributed by atoms with E-state index >= 15 is 0 Å². The molecule has 0 aliphatic carbocycles. The molecule has 1 amide bonds. The van der Waals surface area contributed by atoms with Crippen LogP contribution in [0.4, 0.5) is 18.9 Å². The summed E-state index contributed by atoms with van der Waals surface area (Å²) >= 11 is 0. The molecule has 2 heterocycles. The summed E-state index contributed by atoms with van der Waals surface area (Å²) < 4.78 is 38.9. The van der Waals surface area contributed by atoms with Crippen LogP contribution in [0.15, 0.2) is 67.1 Å². The van der Waals surface area contributed by atoms with Gasteiger partial charge in [0, 0.05) is 53.1 Å². The molecule has 0 aliphatic heterocycles. The van der Waals surface area contributed by atoms with Gasteiger partial charge >= 0.3 is 6.18 Å². The van der Waals surface area contributed by atoms with Gasteiger partial charge in [0.2, 0.25) is 5.91 Å². The van der Waals surface area contributed by atoms with Crippen LogP contribution in [0, 0.1) is 18.8 Å². The molecule has 0 radical (unpaired) electrons. The van der Waals surface area contributed by atoms with Gasteiger partial charge in [0.05, 0.1) is 23.2 Å². The minimum Gasteiger partial charge on any atom is -0.326 e. The summed E-state index contributed by atoms with van der Waals surface area (Å²) in [5, 5.41) is 4.33. The molecular weight excluding hydrogens is 467 g/mol. The largest absolute Gasteiger partial charge is 0.416 e. The molecule has 0 spiro atoms. The third kappa shape index (κ3) is 5.58. The van der Waals surface area contributed by atoms with Crippen LogP contribution < -0.4 is 5.32 Å². The third-order valence-electron chi connectivity index (χ3n) is 5.49. The average molecular weight is 487 g/mol. The summed E-state index contributed by atoms with van der Waals surface area (Å²) in [5.41, 5.74) is 2.23. The van der Waals surface area contributed by atoms with Gasteiger partial charge in [0.25, 0.3) is 0 Å². The normalized spacial score (nSPS) is 11.0. The van der Waals surface area contributed by atoms with Gasteiger partial charge in [-0.05, 0) is 36.8 Å². The number of pyridine rings is 2. The van der Waals surface area contributed by atoms with E-state index in [-0.39, 0.29) is 23.8 Å². The first-order valence-electron chi connectivity index (χ1n) is 10.9. The fraction of sp³-hybridized carbons (Fsp3) is 0.143. The van der Waals surface area contributed by atoms with E-state index in [4.69, 9.17) is 0 Å². The number of aryl methyl sites for hydroxylation is 1. The van der Waals surface area contributed by atoms with Crippen molar-refractivity contribution in [3.63, 3.8) is 0 Å². The number of halogens is 3. The number of anilines is 1. The zero-order chi connectivity index (χ0) is 25.9. The fourth-order valence-electron chi connectivity index (χ4n) is 3.68. The SMILES string of the molecule is CC(=O)Nc1cccc2c(C#Cc3cc(C(=O)Cc4cc(C(F)(F)F)ccn4)ccc3C)cncc12. The summed E-state index contributed by atoms with van der Waals surface area (Å²) in [7, 11) is 0. The van der Waals surface area contributed by atoms with Gasteiger partial charge in [-0.1, -0.05) is 36.1 Å². The highest BCUT2D eigenvalue weighted by Crippen LogP contribution is 2.29. The summed E-state index contributed by atoms with van der Waals surface area (Å²) in [4.78, 5) is 32.5. The second-order valence-corrected chi connectivity index (χ2v) is 8.18. The molecule has 0 atom stereocenters. The van der Waals surface area contributed by atoms with Crippen molar-refractivity contribution in [2.45, 2.75) is 26.4 Å². The van der Waals surface area contributed by atoms with Gasteiger partial charge < -0.3 is 5.32 Å². The van der Waals surface area contributed by atoms with E-state index in [0.717, 1.165) is 34.7 Å². The van der Waals surface area contributed by atoms with Gasteiger partial charge in [-0.25, -0.2) is 0 Å². The van der Waals surface area contributed by atoms with Crippen LogP contribution in [0.3, 0.4) is 0 Å². The van der Waals surface area contributed by atoms with Crippen molar-refractivity contribution in [1.29, 1.82) is 0 Å². The van der Waals surface area contributed by atoms with Crippen LogP contribution in [0.1, 0.15) is 45.2 Å². The van der Waals surface area contributed by atoms with Crippen molar-refractivity contribution >= 4 is 28.2 Å². The number of amides is 1. The molecule has 1 N–H and O–H groups in total. The van der Waals surface area contributed by atoms with E-state index in [2.05, 4.69) is 27.1 Å². The lowest BCUT2D eigenvalue weighted by Gasteiger charge is -2.08. The maximum Gasteiger partial charge on any atom is 0.416 e. The number of nitrogens with one attached hydrogen (secondary N) is 1. The molecule has 2 aromatic carbocycles. The van der Waals surface area contributed by atoms with Gasteiger partial charge in [-0.2, -0.15) is 13.2 Å². The second kappa shape index (κ2) is 10.0. The zero-order valence-corrected chi connectivity index (χ0v) is 19.4. The Kier molecular flexibility index (Phi) is 6.84. The lowest BCUT2D eigenvalue weighted by Crippen LogP contribution is -2.09. The minimum atomic E-state index is -4.51. The van der Waals surface area contributed by atoms with Crippen molar-refractivity contribution in [1.82, 2.24) is 9.97 Å². The van der Waals surface area contributed by atoms with Crippen molar-refractivity contribution in [3.05, 3.63) is 101 Å². The second-order valence-electron chi connectivity index (χ2n) is 8.18. The number of benzene rings is 2. The molecular formula is C28H20F3N3O2. The highest BCUT2D eigenvalue weighted by atomic mass is 19.4. The number of Topliss-reactive ketones (excluding diaryl/α,β-unsaturated/α-hetero) is 1. The first-order chi connectivity index (χ1) is 17.1. The Labute approximate surface area is 205 Å². The van der Waals surface area contributed by atoms with E-state index in [1.54, 1.807) is 36.7 Å². The average Bonchev–Trinajstić information content (AvgIpc) is 2.83. The van der Waals surface area contributed by atoms with Crippen LogP contribution in [-0.4, -0.2) is 21.7 Å². The topological polar surface area (TPSA) is 72.0 Å². The molecule has 0 bridgehead atoms. The van der Waals surface area contributed by atoms with Crippen LogP contribution in [0.25, 0.3) is 10.8 Å². The number of hydrogen-bond acceptors (Lipinski definition) is 4. The number of nitrogens with zero attached hydrogens (tertiary/aromatic N) is 2. The number of fused-ring (bicyclic) bond motifs is 1. The monoisotopic (exact) mass is 487 g/mol. The molecule has 0 fully saturated rings. The van der Waals surface area contributed by atoms with E-state index < -0.39 is 11.7 Å². The minimum absolute atomic E-state index is 0.0415. The van der Waals surface area contributed by atoms with E-state index in [0.29, 0.717) is 22.4 Å². The number of hydrogen-bond donors (Lipinski definition) is 1. The number of carbonyl (C=O) groups is 2. The number of alkyl halides is 3. The Morgan fingerprint density at radius 1 is 0.972 bits per heavy atom. The smallest absolute Gasteiger partial charge is 0.326 e. The summed E-state index contributed by atoms with van der Waals surface area (Å²) in [6, 6.07) is 12.2. The molecule has 4 rings (SSSR count). The Hall–Kier alpha value is -4.51. The quantitative estimate of drug-likeness (QED) is 0.294. The fourth-order valence-corrected chi connectivity index (χ4v) is 3.68. The number of aromatic nitrogens is 2. The molecule has 0 saturated heterocycles. The van der Waals surface area contributed by atoms with Gasteiger partial charge in [0.15, 0.2) is 5.78 Å². The molecule has 0 aliphatic rings. The van der Waals surface area contributed by atoms with Crippen molar-refractivity contribution in [2.24, 2.45) is 0 Å². The predicted molar refractivity (Wildman–Crippen MR) is 130 cm³/mol. The summed E-state index contributed by atoms with van der Waals surface area (Å²) in [6.45, 7) is 3.28. The first kappa shape index (κ1) is 24.6. The number of rotatable bonds is 4. The summed E-state index contributed by atoms with van der Waals surface area (Å²) in [6.07, 6.45) is -0.451. The molecule has 4 aromatic rings. The molecule has 180 valence electrons. The number of carbonyl (C=O) groups excluding carboxylic acids is 2. The van der Waals surface area contributed by atoms with Crippen molar-refractivity contribution in [3.8, 4) is 11.8 Å². The zero-order valence-electron chi connectivity index (χ0n) is 19.4. The van der Waals surface area contributed by atoms with E-state index in [1.807, 2.05) is 19.1 Å². The summed E-state index contributed by atoms with van der Waals surface area (Å²) in [5.74, 6) is 5.61. The maximum absolute atomic E-state index is 13.0. The van der Waals surface area contributed by atoms with E-state index in [9.17, 15) is 22.8 Å². The molecule has 2 aromatic heterocycles. The lowest BCUT2D eigenvalue weighted by atomic mass is 9.99. The maximum atomic E-state index is 13.0. The Bertz CT molecular complexity index is 1550. The standard InChI is InChI=1S/C28H20F3N3O2/c1-17-6-7-20(27(36)14-23-13-22(10-11-33-23)28(29,30)31)12-19(17)8-9-21-15-32-16-25-24(21)4-3-5-26(25)34-18(2)35/h3-7,10-13,15-16H,14H2,1-2H3,(H,34,35). The van der Waals surface area contributed by atoms with Crippen molar-refractivity contribution < 1.29 is 22.8 Å². The molecule has 0 unspecified atom stereocenters. The van der Waals surface area contributed by atoms with Crippen LogP contribution >= 0.6 is 0 Å². The highest BCUT2D eigenvalue weighted by Gasteiger charge is 2.30. The lowest BCUT2D eigenvalue weighted by molar-refractivity contribution is -0.137. The number of ketones is 1. The molecule has 36 heavy (non-hydrogen) atoms. The van der Waals surface area contributed by atoms with Crippen LogP contribution in [-0.2, 0) is 17.4 Å². The molecule has 5 nitrogen and oxygen atoms in total. The first-order valence-corrected chi connectivity index (χ1v) is 10.9. The molecule has 8 heteroatoms. The van der Waals surface area contributed by atoms with Crippen LogP contribution in [0.5, 0.6) is 0 Å². The Morgan fingerprint density at radius 3 is 2.50 bits per heavy atom. The van der Waals surface area contributed by atoms with Gasteiger partial charge in [0.1, 0.15) is 0 Å². The third-order valence-corrected chi connectivity index (χ3v) is 5.49. The molecule has 0 saturated carbocycles. The Morgan fingerprint density at radius 2 is 1.75 bits per heavy atom. The van der Waals surface area contributed by atoms with Gasteiger partial charge in [-0.3, -0.25) is 19.6 Å². The highest BCUT2D eigenvalue weighted by molar-refractivity contribution is 6.03. The van der Waals surface area contributed by atoms with Crippen molar-refractivity contribution in [2.75, 3.05) is 5.32 Å². The Balaban J connectivity index is 1.63.